The quantitative estimate of drug-likeness (QED) is 0.307. The highest BCUT2D eigenvalue weighted by atomic mass is 19.3. The Hall–Kier alpha value is -3.45. The molecule has 5 heterocycles. The van der Waals surface area contributed by atoms with Crippen LogP contribution in [0.3, 0.4) is 0 Å². The third kappa shape index (κ3) is 6.33. The number of piperidine rings is 1. The second-order valence-electron chi connectivity index (χ2n) is 13.8. The van der Waals surface area contributed by atoms with Crippen molar-refractivity contribution in [2.75, 3.05) is 25.0 Å². The number of anilines is 1. The molecule has 10 heteroatoms. The molecule has 2 fully saturated rings. The van der Waals surface area contributed by atoms with E-state index in [2.05, 4.69) is 16.4 Å². The van der Waals surface area contributed by atoms with Gasteiger partial charge in [0, 0.05) is 36.2 Å². The summed E-state index contributed by atoms with van der Waals surface area (Å²) in [6.45, 7) is 6.88. The monoisotopic (exact) mass is 620 g/mol. The summed E-state index contributed by atoms with van der Waals surface area (Å²) in [5.74, 6) is -2.85. The van der Waals surface area contributed by atoms with Crippen molar-refractivity contribution in [1.82, 2.24) is 19.4 Å². The Morgan fingerprint density at radius 2 is 1.73 bits per heavy atom. The van der Waals surface area contributed by atoms with Crippen LogP contribution in [0.4, 0.5) is 19.0 Å². The highest BCUT2D eigenvalue weighted by Crippen LogP contribution is 2.47. The summed E-state index contributed by atoms with van der Waals surface area (Å²) in [5.41, 5.74) is -0.802. The highest BCUT2D eigenvalue weighted by Gasteiger charge is 2.48. The van der Waals surface area contributed by atoms with Crippen molar-refractivity contribution < 1.29 is 13.2 Å². The molecular weight excluding hydrogens is 577 g/mol. The van der Waals surface area contributed by atoms with Crippen LogP contribution in [-0.4, -0.2) is 44.7 Å². The third-order valence-corrected chi connectivity index (χ3v) is 10.1. The van der Waals surface area contributed by atoms with E-state index < -0.39 is 22.9 Å². The van der Waals surface area contributed by atoms with Crippen LogP contribution in [0.15, 0.2) is 35.1 Å². The first-order valence-electron chi connectivity index (χ1n) is 16.4. The molecule has 1 saturated heterocycles. The zero-order valence-corrected chi connectivity index (χ0v) is 26.5. The third-order valence-electron chi connectivity index (χ3n) is 10.1. The maximum absolute atomic E-state index is 15.9. The zero-order valence-electron chi connectivity index (χ0n) is 26.5. The lowest BCUT2D eigenvalue weighted by molar-refractivity contribution is -0.0882. The number of rotatable bonds is 1. The van der Waals surface area contributed by atoms with Crippen LogP contribution in [0, 0.1) is 24.2 Å². The molecule has 7 rings (SSSR count). The minimum atomic E-state index is -3.02. The zero-order chi connectivity index (χ0) is 32.0. The molecule has 4 aliphatic rings. The van der Waals surface area contributed by atoms with Gasteiger partial charge in [-0.15, -0.1) is 0 Å². The Bertz CT molecular complexity index is 1670. The lowest BCUT2D eigenvalue weighted by Crippen LogP contribution is -2.45. The van der Waals surface area contributed by atoms with Gasteiger partial charge in [-0.3, -0.25) is 9.36 Å². The molecule has 240 valence electrons. The van der Waals surface area contributed by atoms with Crippen LogP contribution < -0.4 is 10.9 Å². The maximum atomic E-state index is 15.9. The number of hydrogen-bond donors (Lipinski definition) is 1. The van der Waals surface area contributed by atoms with Crippen molar-refractivity contribution >= 4 is 16.9 Å². The molecule has 0 spiro atoms. The van der Waals surface area contributed by atoms with Gasteiger partial charge in [-0.1, -0.05) is 37.5 Å². The molecule has 3 aliphatic heterocycles. The summed E-state index contributed by atoms with van der Waals surface area (Å²) in [7, 11) is 0. The molecule has 8 bridgehead atoms. The normalized spacial score (nSPS) is 28.4. The molecule has 0 radical (unpaired) electrons. The van der Waals surface area contributed by atoms with Gasteiger partial charge in [0.2, 0.25) is 0 Å². The van der Waals surface area contributed by atoms with Crippen LogP contribution in [-0.2, 0) is 17.9 Å². The number of benzene rings is 1. The Balaban J connectivity index is 1.41. The number of aromatic nitrogens is 3. The molecule has 1 aromatic carbocycles. The Labute approximate surface area is 262 Å². The van der Waals surface area contributed by atoms with E-state index in [1.54, 1.807) is 36.6 Å². The van der Waals surface area contributed by atoms with Crippen LogP contribution >= 0.6 is 0 Å². The molecule has 1 unspecified atom stereocenters. The number of nitrogens with zero attached hydrogens (tertiary/aromatic N) is 5. The average molecular weight is 621 g/mol. The van der Waals surface area contributed by atoms with E-state index in [-0.39, 0.29) is 23.7 Å². The van der Waals surface area contributed by atoms with E-state index in [4.69, 9.17) is 4.98 Å². The van der Waals surface area contributed by atoms with Gasteiger partial charge in [0.1, 0.15) is 23.0 Å². The summed E-state index contributed by atoms with van der Waals surface area (Å²) in [6, 6.07) is 10.3. The molecule has 45 heavy (non-hydrogen) atoms. The van der Waals surface area contributed by atoms with Gasteiger partial charge >= 0.3 is 0 Å². The fourth-order valence-corrected chi connectivity index (χ4v) is 7.23. The van der Waals surface area contributed by atoms with E-state index in [1.165, 1.54) is 6.07 Å². The highest BCUT2D eigenvalue weighted by molar-refractivity contribution is 5.88. The second-order valence-corrected chi connectivity index (χ2v) is 13.8. The standard InChI is InChI=1S/C35H43F3N6O/c1-23-25-9-8-10-27(19-25)35(37,38)26-11-17-43(18-12-26)22-33(3,36)13-6-4-5-7-16-44-31-28(30(40-23)41-24(2)42-31)20-29(32(44)45)34(21-39)14-15-34/h8-10,19-20,23,26H,4-7,11-18,22H2,1-3H3,(H,40,41,42)/t23-,33?/m1/s1. The fraction of sp³-hybridized carbons (Fsp3) is 0.600. The number of fused-ring (bicyclic) bond motifs is 10. The van der Waals surface area contributed by atoms with Crippen molar-refractivity contribution in [2.45, 2.75) is 108 Å². The first-order chi connectivity index (χ1) is 21.4. The fourth-order valence-electron chi connectivity index (χ4n) is 7.23. The minimum Gasteiger partial charge on any atom is -0.363 e. The number of halogens is 3. The van der Waals surface area contributed by atoms with E-state index in [0.29, 0.717) is 92.0 Å². The van der Waals surface area contributed by atoms with E-state index in [1.807, 2.05) is 17.9 Å². The number of pyridine rings is 1. The van der Waals surface area contributed by atoms with Gasteiger partial charge in [-0.25, -0.2) is 23.1 Å². The maximum Gasteiger partial charge on any atom is 0.276 e. The predicted molar refractivity (Wildman–Crippen MR) is 169 cm³/mol. The Morgan fingerprint density at radius 1 is 1.00 bits per heavy atom. The van der Waals surface area contributed by atoms with Crippen LogP contribution in [0.5, 0.6) is 0 Å². The van der Waals surface area contributed by atoms with Crippen LogP contribution in [0.2, 0.25) is 0 Å². The van der Waals surface area contributed by atoms with Gasteiger partial charge in [-0.05, 0) is 90.1 Å². The van der Waals surface area contributed by atoms with Gasteiger partial charge in [0.25, 0.3) is 11.5 Å². The van der Waals surface area contributed by atoms with E-state index in [9.17, 15) is 10.1 Å². The van der Waals surface area contributed by atoms with Gasteiger partial charge in [0.05, 0.1) is 16.9 Å². The molecule has 1 aliphatic carbocycles. The molecule has 3 aromatic rings. The average Bonchev–Trinajstić information content (AvgIpc) is 3.80. The molecule has 1 saturated carbocycles. The summed E-state index contributed by atoms with van der Waals surface area (Å²) in [4.78, 5) is 25.2. The molecule has 2 aromatic heterocycles. The number of nitriles is 1. The number of alkyl halides is 3. The molecule has 0 amide bonds. The smallest absolute Gasteiger partial charge is 0.276 e. The molecule has 7 nitrogen and oxygen atoms in total. The topological polar surface area (TPSA) is 86.8 Å². The predicted octanol–water partition coefficient (Wildman–Crippen LogP) is 7.32. The second kappa shape index (κ2) is 12.1. The lowest BCUT2D eigenvalue weighted by Gasteiger charge is -2.38. The lowest BCUT2D eigenvalue weighted by atomic mass is 9.85. The Kier molecular flexibility index (Phi) is 8.44. The SMILES string of the molecule is Cc1nc2c3cc(C4(C#N)CC4)c(=O)n(c3n1)CCCCCCC(C)(F)CN1CCC(CC1)C(F)(F)c1cccc(c1)[C@@H](C)N2. The van der Waals surface area contributed by atoms with Gasteiger partial charge in [0.15, 0.2) is 0 Å². The van der Waals surface area contributed by atoms with Crippen molar-refractivity contribution in [1.29, 1.82) is 5.26 Å². The first-order valence-corrected chi connectivity index (χ1v) is 16.4. The Morgan fingerprint density at radius 3 is 2.44 bits per heavy atom. The van der Waals surface area contributed by atoms with Gasteiger partial charge < -0.3 is 10.2 Å². The van der Waals surface area contributed by atoms with Gasteiger partial charge in [-0.2, -0.15) is 5.26 Å². The van der Waals surface area contributed by atoms with Crippen molar-refractivity contribution in [3.05, 3.63) is 63.2 Å². The van der Waals surface area contributed by atoms with Crippen molar-refractivity contribution in [3.63, 3.8) is 0 Å². The summed E-state index contributed by atoms with van der Waals surface area (Å²) >= 11 is 0. The summed E-state index contributed by atoms with van der Waals surface area (Å²) in [6.07, 6.45) is 5.35. The van der Waals surface area contributed by atoms with Crippen molar-refractivity contribution in [2.24, 2.45) is 5.92 Å². The largest absolute Gasteiger partial charge is 0.363 e. The molecule has 1 N–H and O–H groups in total. The summed E-state index contributed by atoms with van der Waals surface area (Å²) < 4.78 is 49.1. The summed E-state index contributed by atoms with van der Waals surface area (Å²) in [5, 5.41) is 14.1. The molecule has 2 atom stereocenters. The molecular formula is C35H43F3N6O. The van der Waals surface area contributed by atoms with E-state index in [0.717, 1.165) is 19.3 Å². The minimum absolute atomic E-state index is 0.0193. The van der Waals surface area contributed by atoms with Crippen LogP contribution in [0.25, 0.3) is 11.0 Å². The number of aryl methyl sites for hydroxylation is 2. The first kappa shape index (κ1) is 31.5. The number of hydrogen-bond acceptors (Lipinski definition) is 6. The van der Waals surface area contributed by atoms with E-state index >= 15 is 13.2 Å². The van der Waals surface area contributed by atoms with Crippen molar-refractivity contribution in [3.8, 4) is 6.07 Å². The number of nitrogens with one attached hydrogen (secondary N) is 1. The van der Waals surface area contributed by atoms with Crippen LogP contribution in [0.1, 0.15) is 100 Å².